The summed E-state index contributed by atoms with van der Waals surface area (Å²) in [6, 6.07) is -0.245. The van der Waals surface area contributed by atoms with Crippen LogP contribution in [0, 0.1) is 11.8 Å². The number of urea groups is 1. The Morgan fingerprint density at radius 3 is 2.74 bits per heavy atom. The van der Waals surface area contributed by atoms with Gasteiger partial charge in [-0.15, -0.1) is 0 Å². The molecule has 6 nitrogen and oxygen atoms in total. The Bertz CT molecular complexity index is 466. The molecule has 0 radical (unpaired) electrons. The van der Waals surface area contributed by atoms with Crippen molar-refractivity contribution < 1.29 is 14.3 Å². The molecule has 3 amide bonds. The number of hydrogen-bond donors (Lipinski definition) is 1. The van der Waals surface area contributed by atoms with Crippen LogP contribution in [-0.4, -0.2) is 66.7 Å². The van der Waals surface area contributed by atoms with Gasteiger partial charge in [-0.25, -0.2) is 4.79 Å². The number of likely N-dealkylation sites (tertiary alicyclic amines) is 1. The van der Waals surface area contributed by atoms with Crippen LogP contribution in [-0.2, 0) is 9.53 Å². The van der Waals surface area contributed by atoms with E-state index in [1.807, 2.05) is 13.8 Å². The van der Waals surface area contributed by atoms with Gasteiger partial charge >= 0.3 is 6.03 Å². The van der Waals surface area contributed by atoms with Crippen LogP contribution < -0.4 is 5.32 Å². The van der Waals surface area contributed by atoms with Crippen LogP contribution in [0.3, 0.4) is 0 Å². The van der Waals surface area contributed by atoms with Crippen LogP contribution in [0.1, 0.15) is 39.5 Å². The van der Waals surface area contributed by atoms with E-state index < -0.39 is 5.54 Å². The highest BCUT2D eigenvalue weighted by Gasteiger charge is 2.52. The van der Waals surface area contributed by atoms with Gasteiger partial charge in [-0.1, -0.05) is 0 Å². The maximum absolute atomic E-state index is 12.6. The zero-order valence-electron chi connectivity index (χ0n) is 14.3. The van der Waals surface area contributed by atoms with Gasteiger partial charge in [-0.05, 0) is 52.0 Å². The average Bonchev–Trinajstić information content (AvgIpc) is 3.33. The highest BCUT2D eigenvalue weighted by Crippen LogP contribution is 2.32. The predicted octanol–water partition coefficient (Wildman–Crippen LogP) is 1.46. The van der Waals surface area contributed by atoms with Crippen LogP contribution in [0.4, 0.5) is 4.79 Å². The molecule has 1 aliphatic carbocycles. The van der Waals surface area contributed by atoms with Gasteiger partial charge in [0.2, 0.25) is 0 Å². The molecule has 0 bridgehead atoms. The van der Waals surface area contributed by atoms with Crippen molar-refractivity contribution in [2.24, 2.45) is 11.8 Å². The van der Waals surface area contributed by atoms with Gasteiger partial charge in [0.05, 0.1) is 6.61 Å². The average molecular weight is 323 g/mol. The number of ether oxygens (including phenoxy) is 1. The molecule has 2 heterocycles. The fraction of sp³-hybridized carbons (Fsp3) is 0.882. The quantitative estimate of drug-likeness (QED) is 0.569. The summed E-state index contributed by atoms with van der Waals surface area (Å²) in [5.74, 6) is 0.906. The zero-order valence-corrected chi connectivity index (χ0v) is 14.3. The number of hydrogen-bond acceptors (Lipinski definition) is 4. The number of nitrogens with zero attached hydrogens (tertiary/aromatic N) is 2. The lowest BCUT2D eigenvalue weighted by Gasteiger charge is -2.39. The third-order valence-corrected chi connectivity index (χ3v) is 5.54. The summed E-state index contributed by atoms with van der Waals surface area (Å²) in [7, 11) is 0. The third-order valence-electron chi connectivity index (χ3n) is 5.54. The number of imide groups is 1. The molecule has 0 unspecified atom stereocenters. The van der Waals surface area contributed by atoms with Gasteiger partial charge in [0.1, 0.15) is 5.54 Å². The van der Waals surface area contributed by atoms with E-state index in [9.17, 15) is 9.59 Å². The van der Waals surface area contributed by atoms with Gasteiger partial charge in [0.15, 0.2) is 0 Å². The normalized spacial score (nSPS) is 32.4. The number of nitrogens with one attached hydrogen (secondary N) is 1. The minimum absolute atomic E-state index is 0.0677. The van der Waals surface area contributed by atoms with E-state index in [2.05, 4.69) is 10.2 Å². The van der Waals surface area contributed by atoms with Crippen LogP contribution >= 0.6 is 0 Å². The van der Waals surface area contributed by atoms with Crippen molar-refractivity contribution in [3.05, 3.63) is 0 Å². The van der Waals surface area contributed by atoms with Crippen molar-refractivity contribution in [3.63, 3.8) is 0 Å². The summed E-state index contributed by atoms with van der Waals surface area (Å²) in [5.41, 5.74) is -0.749. The van der Waals surface area contributed by atoms with Gasteiger partial charge in [-0.2, -0.15) is 0 Å². The summed E-state index contributed by atoms with van der Waals surface area (Å²) in [6.45, 7) is 8.65. The topological polar surface area (TPSA) is 61.9 Å². The summed E-state index contributed by atoms with van der Waals surface area (Å²) < 4.78 is 5.73. The van der Waals surface area contributed by atoms with E-state index in [4.69, 9.17) is 4.74 Å². The third kappa shape index (κ3) is 3.53. The molecule has 1 saturated carbocycles. The summed E-state index contributed by atoms with van der Waals surface area (Å²) >= 11 is 0. The van der Waals surface area contributed by atoms with E-state index >= 15 is 0 Å². The molecule has 130 valence electrons. The van der Waals surface area contributed by atoms with Crippen molar-refractivity contribution in [2.45, 2.75) is 45.1 Å². The predicted molar refractivity (Wildman–Crippen MR) is 87.0 cm³/mol. The molecule has 2 saturated heterocycles. The Kier molecular flexibility index (Phi) is 4.92. The lowest BCUT2D eigenvalue weighted by atomic mass is 9.80. The molecule has 3 rings (SSSR count). The second-order valence-electron chi connectivity index (χ2n) is 7.34. The monoisotopic (exact) mass is 323 g/mol. The number of piperidine rings is 1. The summed E-state index contributed by atoms with van der Waals surface area (Å²) in [6.07, 6.45) is 4.69. The van der Waals surface area contributed by atoms with Gasteiger partial charge in [0.25, 0.3) is 5.91 Å². The Balaban J connectivity index is 1.52. The highest BCUT2D eigenvalue weighted by molar-refractivity contribution is 6.07. The molecule has 2 aliphatic heterocycles. The first-order valence-electron chi connectivity index (χ1n) is 8.98. The molecule has 1 N–H and O–H groups in total. The van der Waals surface area contributed by atoms with E-state index in [0.29, 0.717) is 6.54 Å². The first-order chi connectivity index (χ1) is 11.0. The second kappa shape index (κ2) is 6.77. The van der Waals surface area contributed by atoms with Crippen molar-refractivity contribution in [3.8, 4) is 0 Å². The number of amides is 3. The Morgan fingerprint density at radius 2 is 2.09 bits per heavy atom. The molecule has 6 heteroatoms. The fourth-order valence-corrected chi connectivity index (χ4v) is 3.74. The van der Waals surface area contributed by atoms with Crippen molar-refractivity contribution >= 4 is 11.9 Å². The number of carbonyl (C=O) groups is 2. The first-order valence-corrected chi connectivity index (χ1v) is 8.98. The molecule has 0 aromatic carbocycles. The fourth-order valence-electron chi connectivity index (χ4n) is 3.74. The van der Waals surface area contributed by atoms with Crippen molar-refractivity contribution in [2.75, 3.05) is 39.4 Å². The lowest BCUT2D eigenvalue weighted by molar-refractivity contribution is -0.133. The van der Waals surface area contributed by atoms with E-state index in [-0.39, 0.29) is 17.9 Å². The van der Waals surface area contributed by atoms with Crippen LogP contribution in [0.25, 0.3) is 0 Å². The smallest absolute Gasteiger partial charge is 0.325 e. The number of carbonyl (C=O) groups excluding carboxylic acids is 2. The largest absolute Gasteiger partial charge is 0.380 e. The molecule has 3 fully saturated rings. The number of likely N-dealkylation sites (N-methyl/N-ethyl adjacent to an activating group) is 1. The molecular formula is C17H29N3O3. The van der Waals surface area contributed by atoms with E-state index in [1.165, 1.54) is 17.7 Å². The summed E-state index contributed by atoms with van der Waals surface area (Å²) in [5, 5.41) is 2.94. The Morgan fingerprint density at radius 1 is 1.30 bits per heavy atom. The van der Waals surface area contributed by atoms with E-state index in [1.54, 1.807) is 0 Å². The minimum Gasteiger partial charge on any atom is -0.380 e. The van der Waals surface area contributed by atoms with Crippen molar-refractivity contribution in [1.82, 2.24) is 15.1 Å². The standard InChI is InChI=1S/C17H29N3O3/c1-3-20-15(21)17(2,18-16(20)22)14-5-4-8-19(11-14)9-10-23-12-13-6-7-13/h13-14H,3-12H2,1-2H3,(H,18,22)/t14-,17+/m1/s1. The van der Waals surface area contributed by atoms with Crippen LogP contribution in [0.2, 0.25) is 0 Å². The van der Waals surface area contributed by atoms with Crippen LogP contribution in [0.5, 0.6) is 0 Å². The SMILES string of the molecule is CCN1C(=O)N[C@@](C)([C@@H]2CCCN(CCOCC3CC3)C2)C1=O. The maximum atomic E-state index is 12.6. The molecule has 0 aromatic heterocycles. The van der Waals surface area contributed by atoms with Gasteiger partial charge in [-0.3, -0.25) is 9.69 Å². The Labute approximate surface area is 138 Å². The minimum atomic E-state index is -0.749. The Hall–Kier alpha value is -1.14. The molecule has 23 heavy (non-hydrogen) atoms. The molecule has 0 spiro atoms. The van der Waals surface area contributed by atoms with Crippen LogP contribution in [0.15, 0.2) is 0 Å². The molecule has 2 atom stereocenters. The second-order valence-corrected chi connectivity index (χ2v) is 7.34. The zero-order chi connectivity index (χ0) is 16.4. The van der Waals surface area contributed by atoms with Gasteiger partial charge < -0.3 is 15.0 Å². The molecule has 0 aromatic rings. The molecule has 3 aliphatic rings. The first kappa shape index (κ1) is 16.7. The number of rotatable bonds is 7. The van der Waals surface area contributed by atoms with E-state index in [0.717, 1.165) is 51.6 Å². The van der Waals surface area contributed by atoms with Gasteiger partial charge in [0, 0.05) is 32.2 Å². The van der Waals surface area contributed by atoms with Crippen molar-refractivity contribution in [1.29, 1.82) is 0 Å². The summed E-state index contributed by atoms with van der Waals surface area (Å²) in [4.78, 5) is 28.3. The lowest BCUT2D eigenvalue weighted by Crippen LogP contribution is -2.56. The highest BCUT2D eigenvalue weighted by atomic mass is 16.5. The molecular weight excluding hydrogens is 294 g/mol. The maximum Gasteiger partial charge on any atom is 0.325 e.